The summed E-state index contributed by atoms with van der Waals surface area (Å²) in [6.45, 7) is 5.08. The lowest BCUT2D eigenvalue weighted by Gasteiger charge is -2.30. The van der Waals surface area contributed by atoms with E-state index in [1.54, 1.807) is 0 Å². The fraction of sp³-hybridized carbons (Fsp3) is 0.333. The molecule has 0 fully saturated rings. The molecular formula is C18H18F6NP. The fourth-order valence-corrected chi connectivity index (χ4v) is 4.95. The highest BCUT2D eigenvalue weighted by atomic mass is 31.1. The monoisotopic (exact) mass is 393 g/mol. The largest absolute Gasteiger partial charge is 0.416 e. The summed E-state index contributed by atoms with van der Waals surface area (Å²) in [6, 6.07) is 9.68. The van der Waals surface area contributed by atoms with Gasteiger partial charge in [0, 0.05) is 8.07 Å². The molecule has 0 saturated carbocycles. The summed E-state index contributed by atoms with van der Waals surface area (Å²) in [6.07, 6.45) is -8.85. The summed E-state index contributed by atoms with van der Waals surface area (Å²) < 4.78 is 78.7. The van der Waals surface area contributed by atoms with Crippen LogP contribution in [-0.2, 0) is 12.4 Å². The SMILES string of the molecule is CCN(CC)P(c1ccc(C(F)(F)F)cc1)c1ccc(C(F)(F)F)cc1. The van der Waals surface area contributed by atoms with Crippen molar-refractivity contribution in [1.82, 2.24) is 4.67 Å². The van der Waals surface area contributed by atoms with Crippen molar-refractivity contribution < 1.29 is 26.3 Å². The third-order valence-corrected chi connectivity index (χ3v) is 6.60. The second-order valence-corrected chi connectivity index (χ2v) is 7.76. The normalized spacial score (nSPS) is 12.8. The lowest BCUT2D eigenvalue weighted by molar-refractivity contribution is -0.138. The molecule has 1 nitrogen and oxygen atoms in total. The van der Waals surface area contributed by atoms with Crippen LogP contribution in [0.25, 0.3) is 0 Å². The van der Waals surface area contributed by atoms with Crippen LogP contribution in [0.15, 0.2) is 48.5 Å². The molecule has 0 unspecified atom stereocenters. The Balaban J connectivity index is 2.44. The molecule has 0 aromatic heterocycles. The van der Waals surface area contributed by atoms with Gasteiger partial charge >= 0.3 is 12.4 Å². The molecule has 0 N–H and O–H groups in total. The zero-order chi connectivity index (χ0) is 19.5. The smallest absolute Gasteiger partial charge is 0.275 e. The summed E-state index contributed by atoms with van der Waals surface area (Å²) >= 11 is 0. The summed E-state index contributed by atoms with van der Waals surface area (Å²) in [4.78, 5) is 0. The van der Waals surface area contributed by atoms with E-state index >= 15 is 0 Å². The van der Waals surface area contributed by atoms with Crippen LogP contribution in [0.5, 0.6) is 0 Å². The first-order valence-electron chi connectivity index (χ1n) is 7.97. The molecular weight excluding hydrogens is 375 g/mol. The zero-order valence-corrected chi connectivity index (χ0v) is 15.1. The number of hydrogen-bond donors (Lipinski definition) is 0. The Hall–Kier alpha value is -1.59. The topological polar surface area (TPSA) is 3.24 Å². The number of hydrogen-bond acceptors (Lipinski definition) is 1. The third-order valence-electron chi connectivity index (χ3n) is 3.89. The van der Waals surface area contributed by atoms with Gasteiger partial charge < -0.3 is 0 Å². The van der Waals surface area contributed by atoms with E-state index in [9.17, 15) is 26.3 Å². The average Bonchev–Trinajstić information content (AvgIpc) is 2.58. The first-order chi connectivity index (χ1) is 12.1. The minimum absolute atomic E-state index is 0.629. The van der Waals surface area contributed by atoms with E-state index < -0.39 is 31.6 Å². The molecule has 0 spiro atoms. The van der Waals surface area contributed by atoms with Crippen LogP contribution in [0.3, 0.4) is 0 Å². The van der Waals surface area contributed by atoms with Gasteiger partial charge in [-0.3, -0.25) is 4.67 Å². The van der Waals surface area contributed by atoms with E-state index in [4.69, 9.17) is 0 Å². The van der Waals surface area contributed by atoms with E-state index in [1.165, 1.54) is 24.3 Å². The first-order valence-corrected chi connectivity index (χ1v) is 9.26. The minimum Gasteiger partial charge on any atom is -0.275 e. The Morgan fingerprint density at radius 2 is 0.962 bits per heavy atom. The van der Waals surface area contributed by atoms with Crippen LogP contribution >= 0.6 is 8.07 Å². The third kappa shape index (κ3) is 4.77. The molecule has 0 saturated heterocycles. The van der Waals surface area contributed by atoms with Gasteiger partial charge in [-0.05, 0) is 48.0 Å². The number of halogens is 6. The lowest BCUT2D eigenvalue weighted by atomic mass is 10.2. The molecule has 0 amide bonds. The van der Waals surface area contributed by atoms with Gasteiger partial charge in [0.1, 0.15) is 0 Å². The van der Waals surface area contributed by atoms with Crippen LogP contribution in [0.1, 0.15) is 25.0 Å². The minimum atomic E-state index is -4.43. The maximum absolute atomic E-state index is 12.8. The summed E-state index contributed by atoms with van der Waals surface area (Å²) in [5.74, 6) is 0. The quantitative estimate of drug-likeness (QED) is 0.485. The molecule has 0 heterocycles. The van der Waals surface area contributed by atoms with E-state index in [0.29, 0.717) is 23.7 Å². The maximum atomic E-state index is 12.8. The Bertz CT molecular complexity index is 645. The zero-order valence-electron chi connectivity index (χ0n) is 14.2. The lowest BCUT2D eigenvalue weighted by Crippen LogP contribution is -2.29. The highest BCUT2D eigenvalue weighted by Gasteiger charge is 2.32. The van der Waals surface area contributed by atoms with Crippen molar-refractivity contribution in [3.63, 3.8) is 0 Å². The fourth-order valence-electron chi connectivity index (χ4n) is 2.57. The number of rotatable bonds is 5. The molecule has 2 rings (SSSR count). The molecule has 0 aliphatic carbocycles. The van der Waals surface area contributed by atoms with Gasteiger partial charge in [-0.25, -0.2) is 0 Å². The van der Waals surface area contributed by atoms with Crippen LogP contribution in [-0.4, -0.2) is 17.8 Å². The van der Waals surface area contributed by atoms with Gasteiger partial charge in [0.2, 0.25) is 0 Å². The number of benzene rings is 2. The van der Waals surface area contributed by atoms with Crippen LogP contribution in [0.4, 0.5) is 26.3 Å². The van der Waals surface area contributed by atoms with Gasteiger partial charge in [-0.2, -0.15) is 26.3 Å². The molecule has 2 aromatic carbocycles. The van der Waals surface area contributed by atoms with Crippen molar-refractivity contribution in [3.05, 3.63) is 59.7 Å². The van der Waals surface area contributed by atoms with E-state index in [2.05, 4.69) is 0 Å². The van der Waals surface area contributed by atoms with Gasteiger partial charge in [-0.1, -0.05) is 38.1 Å². The van der Waals surface area contributed by atoms with Crippen LogP contribution < -0.4 is 10.6 Å². The molecule has 8 heteroatoms. The van der Waals surface area contributed by atoms with Crippen molar-refractivity contribution in [2.24, 2.45) is 0 Å². The number of nitrogens with zero attached hydrogens (tertiary/aromatic N) is 1. The number of alkyl halides is 6. The Morgan fingerprint density at radius 1 is 0.654 bits per heavy atom. The second kappa shape index (κ2) is 7.97. The van der Waals surface area contributed by atoms with Crippen LogP contribution in [0, 0.1) is 0 Å². The van der Waals surface area contributed by atoms with Crippen molar-refractivity contribution in [2.75, 3.05) is 13.1 Å². The van der Waals surface area contributed by atoms with Crippen molar-refractivity contribution in [2.45, 2.75) is 26.2 Å². The maximum Gasteiger partial charge on any atom is 0.416 e. The molecule has 0 bridgehead atoms. The van der Waals surface area contributed by atoms with Crippen molar-refractivity contribution in [1.29, 1.82) is 0 Å². The molecule has 2 aromatic rings. The molecule has 0 aliphatic heterocycles. The molecule has 0 atom stereocenters. The van der Waals surface area contributed by atoms with Crippen LogP contribution in [0.2, 0.25) is 0 Å². The molecule has 142 valence electrons. The van der Waals surface area contributed by atoms with E-state index in [1.807, 2.05) is 18.5 Å². The van der Waals surface area contributed by atoms with Gasteiger partial charge in [-0.15, -0.1) is 0 Å². The first kappa shape index (κ1) is 20.7. The predicted molar refractivity (Wildman–Crippen MR) is 92.0 cm³/mol. The van der Waals surface area contributed by atoms with Gasteiger partial charge in [0.05, 0.1) is 11.1 Å². The summed E-state index contributed by atoms with van der Waals surface area (Å²) in [7, 11) is -1.21. The Kier molecular flexibility index (Phi) is 6.35. The van der Waals surface area contributed by atoms with Crippen molar-refractivity contribution in [3.8, 4) is 0 Å². The van der Waals surface area contributed by atoms with Gasteiger partial charge in [0.15, 0.2) is 0 Å². The molecule has 0 aliphatic rings. The average molecular weight is 393 g/mol. The Labute approximate surface area is 149 Å². The molecule has 26 heavy (non-hydrogen) atoms. The summed E-state index contributed by atoms with van der Waals surface area (Å²) in [5, 5.41) is 1.33. The highest BCUT2D eigenvalue weighted by Crippen LogP contribution is 2.40. The van der Waals surface area contributed by atoms with Crippen molar-refractivity contribution >= 4 is 18.7 Å². The van der Waals surface area contributed by atoms with Gasteiger partial charge in [0.25, 0.3) is 0 Å². The molecule has 0 radical (unpaired) electrons. The predicted octanol–water partition coefficient (Wildman–Crippen LogP) is 5.41. The highest BCUT2D eigenvalue weighted by molar-refractivity contribution is 7.70. The Morgan fingerprint density at radius 3 is 1.19 bits per heavy atom. The summed E-state index contributed by atoms with van der Waals surface area (Å²) in [5.41, 5.74) is -1.49. The standard InChI is InChI=1S/C18H18F6NP/c1-3-25(4-2)26(15-9-5-13(6-10-15)17(19,20)21)16-11-7-14(8-12-16)18(22,23)24/h5-12H,3-4H2,1-2H3. The van der Waals surface area contributed by atoms with E-state index in [0.717, 1.165) is 24.3 Å². The second-order valence-electron chi connectivity index (χ2n) is 5.54. The van der Waals surface area contributed by atoms with E-state index in [-0.39, 0.29) is 0 Å².